The molecule has 7 heteroatoms. The molecule has 0 amide bonds. The summed E-state index contributed by atoms with van der Waals surface area (Å²) in [5.74, 6) is -0.419. The summed E-state index contributed by atoms with van der Waals surface area (Å²) in [5.41, 5.74) is 0.483. The highest BCUT2D eigenvalue weighted by atomic mass is 28.4. The molecule has 1 heterocycles. The second-order valence-electron chi connectivity index (χ2n) is 8.18. The van der Waals surface area contributed by atoms with Gasteiger partial charge < -0.3 is 19.0 Å². The molecule has 138 valence electrons. The molecule has 1 aliphatic heterocycles. The van der Waals surface area contributed by atoms with Crippen molar-refractivity contribution >= 4 is 22.1 Å². The molecular weight excluding hydrogens is 335 g/mol. The number of carbonyl (C=O) groups is 1. The molecule has 0 aromatic heterocycles. The molecule has 1 N–H and O–H groups in total. The molecule has 5 nitrogen and oxygen atoms in total. The largest absolute Gasteiger partial charge is 0.459 e. The third-order valence-electron chi connectivity index (χ3n) is 5.19. The van der Waals surface area contributed by atoms with Crippen molar-refractivity contribution in [1.29, 1.82) is 0 Å². The molecule has 1 aromatic rings. The summed E-state index contributed by atoms with van der Waals surface area (Å²) in [7, 11) is -0.139. The fourth-order valence-corrected chi connectivity index (χ4v) is 3.92. The summed E-state index contributed by atoms with van der Waals surface area (Å²) < 4.78 is 17.4. The van der Waals surface area contributed by atoms with Crippen LogP contribution in [-0.4, -0.2) is 58.2 Å². The van der Waals surface area contributed by atoms with Gasteiger partial charge in [0.1, 0.15) is 26.7 Å². The number of esters is 1. The van der Waals surface area contributed by atoms with Crippen molar-refractivity contribution < 1.29 is 23.8 Å². The van der Waals surface area contributed by atoms with Gasteiger partial charge in [-0.15, -0.1) is 0 Å². The Balaban J connectivity index is 1.95. The van der Waals surface area contributed by atoms with Crippen LogP contribution in [-0.2, 0) is 13.9 Å². The van der Waals surface area contributed by atoms with E-state index in [-0.39, 0.29) is 17.6 Å². The van der Waals surface area contributed by atoms with Crippen molar-refractivity contribution in [3.05, 3.63) is 35.9 Å². The maximum atomic E-state index is 12.0. The Morgan fingerprint density at radius 3 is 2.44 bits per heavy atom. The zero-order valence-electron chi connectivity index (χ0n) is 16.0. The van der Waals surface area contributed by atoms with Crippen LogP contribution < -0.4 is 0 Å². The lowest BCUT2D eigenvalue weighted by molar-refractivity contribution is -0.0226. The van der Waals surface area contributed by atoms with Crippen molar-refractivity contribution in [3.63, 3.8) is 0 Å². The number of hydrogen-bond acceptors (Lipinski definition) is 5. The number of aliphatic hydroxyl groups excluding tert-OH is 1. The Bertz CT molecular complexity index is 587. The lowest BCUT2D eigenvalue weighted by Gasteiger charge is -2.39. The second kappa shape index (κ2) is 7.62. The zero-order valence-corrected chi connectivity index (χ0v) is 17.0. The topological polar surface area (TPSA) is 65.0 Å². The van der Waals surface area contributed by atoms with Crippen LogP contribution in [0.1, 0.15) is 31.1 Å². The van der Waals surface area contributed by atoms with Crippen LogP contribution in [0.15, 0.2) is 30.3 Å². The van der Waals surface area contributed by atoms with Crippen LogP contribution >= 0.6 is 0 Å². The maximum Gasteiger partial charge on any atom is 0.338 e. The minimum Gasteiger partial charge on any atom is -0.459 e. The van der Waals surface area contributed by atoms with Crippen molar-refractivity contribution in [1.82, 2.24) is 0 Å². The molecule has 0 spiro atoms. The van der Waals surface area contributed by atoms with Gasteiger partial charge in [-0.3, -0.25) is 0 Å². The fourth-order valence-electron chi connectivity index (χ4n) is 2.56. The maximum absolute atomic E-state index is 12.0. The van der Waals surface area contributed by atoms with Crippen LogP contribution in [0.4, 0.5) is 0 Å². The molecular formula is C18H29BO5Si. The number of carbonyl (C=O) groups excluding carboxylic acids is 1. The molecule has 25 heavy (non-hydrogen) atoms. The van der Waals surface area contributed by atoms with E-state index in [1.807, 2.05) is 13.9 Å². The van der Waals surface area contributed by atoms with Gasteiger partial charge in [0.05, 0.1) is 17.7 Å². The van der Waals surface area contributed by atoms with Gasteiger partial charge in [-0.05, 0) is 30.3 Å². The smallest absolute Gasteiger partial charge is 0.338 e. The third kappa shape index (κ3) is 4.73. The van der Waals surface area contributed by atoms with Crippen molar-refractivity contribution in [2.75, 3.05) is 6.61 Å². The van der Waals surface area contributed by atoms with E-state index < -0.39 is 32.6 Å². The lowest BCUT2D eigenvalue weighted by Crippen LogP contribution is -2.49. The first-order valence-corrected chi connectivity index (χ1v) is 11.7. The van der Waals surface area contributed by atoms with E-state index in [9.17, 15) is 9.90 Å². The summed E-state index contributed by atoms with van der Waals surface area (Å²) in [6.45, 7) is 10.8. The van der Waals surface area contributed by atoms with E-state index in [0.717, 1.165) is 0 Å². The molecule has 1 fully saturated rings. The standard InChI is InChI=1S/C18H29BO5Si/c1-18(2,3)25(4,5)24-15-14(20)13(23-16(15)19)11-22-17(21)12-9-7-6-8-10-12/h6-10,13-16,20H,11,19H2,1-5H3/t13-,14?,15?,16-/m1/s1. The number of benzene rings is 1. The number of hydrogen-bond donors (Lipinski definition) is 1. The van der Waals surface area contributed by atoms with E-state index in [1.165, 1.54) is 0 Å². The Labute approximate surface area is 152 Å². The van der Waals surface area contributed by atoms with Gasteiger partial charge in [-0.1, -0.05) is 39.0 Å². The zero-order chi connectivity index (χ0) is 18.8. The van der Waals surface area contributed by atoms with Crippen LogP contribution in [0.25, 0.3) is 0 Å². The summed E-state index contributed by atoms with van der Waals surface area (Å²) in [6, 6.07) is 8.54. The molecule has 1 aromatic carbocycles. The predicted octanol–water partition coefficient (Wildman–Crippen LogP) is 1.95. The van der Waals surface area contributed by atoms with Gasteiger partial charge in [-0.25, -0.2) is 4.79 Å². The first kappa shape index (κ1) is 20.2. The van der Waals surface area contributed by atoms with Crippen molar-refractivity contribution in [3.8, 4) is 0 Å². The van der Waals surface area contributed by atoms with E-state index in [1.54, 1.807) is 24.3 Å². The highest BCUT2D eigenvalue weighted by Gasteiger charge is 2.48. The van der Waals surface area contributed by atoms with Crippen LogP contribution in [0.2, 0.25) is 18.1 Å². The second-order valence-corrected chi connectivity index (χ2v) is 12.9. The fraction of sp³-hybridized carbons (Fsp3) is 0.611. The molecule has 0 radical (unpaired) electrons. The van der Waals surface area contributed by atoms with Gasteiger partial charge in [0, 0.05) is 0 Å². The summed E-state index contributed by atoms with van der Waals surface area (Å²) in [4.78, 5) is 12.0. The van der Waals surface area contributed by atoms with E-state index in [2.05, 4.69) is 33.9 Å². The predicted molar refractivity (Wildman–Crippen MR) is 102 cm³/mol. The van der Waals surface area contributed by atoms with E-state index in [4.69, 9.17) is 13.9 Å². The summed E-state index contributed by atoms with van der Waals surface area (Å²) in [5, 5.41) is 10.7. The SMILES string of the molecule is B[C@@H]1O[C@H](COC(=O)c2ccccc2)C(O)C1O[Si](C)(C)C(C)(C)C. The monoisotopic (exact) mass is 364 g/mol. The Kier molecular flexibility index (Phi) is 6.14. The van der Waals surface area contributed by atoms with Gasteiger partial charge in [0.15, 0.2) is 8.32 Å². The number of ether oxygens (including phenoxy) is 2. The van der Waals surface area contributed by atoms with E-state index >= 15 is 0 Å². The minimum absolute atomic E-state index is 0.0105. The van der Waals surface area contributed by atoms with Gasteiger partial charge in [-0.2, -0.15) is 0 Å². The minimum atomic E-state index is -2.03. The quantitative estimate of drug-likeness (QED) is 0.639. The molecule has 1 aliphatic rings. The van der Waals surface area contributed by atoms with Crippen LogP contribution in [0, 0.1) is 0 Å². The first-order valence-electron chi connectivity index (χ1n) is 8.76. The van der Waals surface area contributed by atoms with Gasteiger partial charge in [0.2, 0.25) is 0 Å². The molecule has 0 bridgehead atoms. The summed E-state index contributed by atoms with van der Waals surface area (Å²) in [6.07, 6.45) is -1.79. The molecule has 2 unspecified atom stereocenters. The van der Waals surface area contributed by atoms with Crippen LogP contribution in [0.3, 0.4) is 0 Å². The normalized spacial score (nSPS) is 27.3. The Morgan fingerprint density at radius 1 is 1.28 bits per heavy atom. The lowest BCUT2D eigenvalue weighted by atomic mass is 9.93. The average Bonchev–Trinajstić information content (AvgIpc) is 2.79. The molecule has 0 aliphatic carbocycles. The highest BCUT2D eigenvalue weighted by Crippen LogP contribution is 2.39. The molecule has 0 saturated carbocycles. The highest BCUT2D eigenvalue weighted by molar-refractivity contribution is 6.74. The van der Waals surface area contributed by atoms with E-state index in [0.29, 0.717) is 5.56 Å². The third-order valence-corrected chi connectivity index (χ3v) is 9.67. The van der Waals surface area contributed by atoms with Crippen molar-refractivity contribution in [2.24, 2.45) is 0 Å². The van der Waals surface area contributed by atoms with Crippen molar-refractivity contribution in [2.45, 2.75) is 63.2 Å². The molecule has 2 rings (SSSR count). The molecule has 1 saturated heterocycles. The van der Waals surface area contributed by atoms with Gasteiger partial charge >= 0.3 is 5.97 Å². The summed E-state index contributed by atoms with van der Waals surface area (Å²) >= 11 is 0. The Morgan fingerprint density at radius 2 is 1.88 bits per heavy atom. The van der Waals surface area contributed by atoms with Gasteiger partial charge in [0.25, 0.3) is 0 Å². The number of rotatable bonds is 5. The first-order chi connectivity index (χ1) is 11.5. The average molecular weight is 364 g/mol. The number of aliphatic hydroxyl groups is 1. The van der Waals surface area contributed by atoms with Crippen LogP contribution in [0.5, 0.6) is 0 Å². The Hall–Kier alpha value is -1.15. The molecule has 4 atom stereocenters.